The van der Waals surface area contributed by atoms with Crippen LogP contribution in [0.15, 0.2) is 30.3 Å². The van der Waals surface area contributed by atoms with Crippen molar-refractivity contribution in [3.8, 4) is 0 Å². The fourth-order valence-corrected chi connectivity index (χ4v) is 5.53. The van der Waals surface area contributed by atoms with Gasteiger partial charge in [0, 0.05) is 5.56 Å². The summed E-state index contributed by atoms with van der Waals surface area (Å²) >= 11 is 0. The second-order valence-corrected chi connectivity index (χ2v) is 10.1. The van der Waals surface area contributed by atoms with E-state index in [0.29, 0.717) is 5.56 Å². The van der Waals surface area contributed by atoms with E-state index >= 15 is 0 Å². The highest BCUT2D eigenvalue weighted by molar-refractivity contribution is 7.72. The molecular formula is C21H35O4P. The molecule has 0 aliphatic rings. The molecule has 0 amide bonds. The number of carbonyl (C=O) groups excluding carboxylic acids is 1. The number of carbonyl (C=O) groups is 1. The van der Waals surface area contributed by atoms with Crippen molar-refractivity contribution in [2.75, 3.05) is 0 Å². The Morgan fingerprint density at radius 2 is 1.08 bits per heavy atom. The monoisotopic (exact) mass is 382 g/mol. The lowest BCUT2D eigenvalue weighted by Crippen LogP contribution is -2.31. The molecule has 4 nitrogen and oxygen atoms in total. The molecule has 0 saturated heterocycles. The molecule has 0 aliphatic carbocycles. The van der Waals surface area contributed by atoms with Gasteiger partial charge in [-0.05, 0) is 23.7 Å². The second kappa shape index (κ2) is 9.82. The van der Waals surface area contributed by atoms with Gasteiger partial charge >= 0.3 is 7.60 Å². The third kappa shape index (κ3) is 6.04. The van der Waals surface area contributed by atoms with Crippen LogP contribution in [0.4, 0.5) is 0 Å². The van der Waals surface area contributed by atoms with E-state index in [2.05, 4.69) is 0 Å². The lowest BCUT2D eigenvalue weighted by molar-refractivity contribution is 0.0346. The highest BCUT2D eigenvalue weighted by Crippen LogP contribution is 2.56. The van der Waals surface area contributed by atoms with Gasteiger partial charge in [-0.2, -0.15) is 0 Å². The van der Waals surface area contributed by atoms with E-state index < -0.39 is 13.1 Å². The van der Waals surface area contributed by atoms with Crippen molar-refractivity contribution in [2.24, 2.45) is 23.7 Å². The molecule has 0 saturated carbocycles. The molecule has 0 fully saturated rings. The Morgan fingerprint density at radius 3 is 1.38 bits per heavy atom. The predicted molar refractivity (Wildman–Crippen MR) is 107 cm³/mol. The molecule has 26 heavy (non-hydrogen) atoms. The lowest BCUT2D eigenvalue weighted by atomic mass is 9.97. The minimum Gasteiger partial charge on any atom is -0.299 e. The molecule has 0 aliphatic heterocycles. The summed E-state index contributed by atoms with van der Waals surface area (Å²) in [7, 11) is -4.00. The molecule has 0 heterocycles. The number of benzene rings is 1. The Bertz CT molecular complexity index is 566. The van der Waals surface area contributed by atoms with Crippen LogP contribution in [-0.4, -0.2) is 17.7 Å². The van der Waals surface area contributed by atoms with Gasteiger partial charge in [-0.25, -0.2) is 0 Å². The van der Waals surface area contributed by atoms with Gasteiger partial charge in [0.15, 0.2) is 0 Å². The molecule has 1 aromatic carbocycles. The van der Waals surface area contributed by atoms with Gasteiger partial charge in [-0.15, -0.1) is 0 Å². The largest absolute Gasteiger partial charge is 0.402 e. The van der Waals surface area contributed by atoms with Crippen molar-refractivity contribution in [1.29, 1.82) is 0 Å². The van der Waals surface area contributed by atoms with E-state index in [4.69, 9.17) is 9.05 Å². The van der Waals surface area contributed by atoms with E-state index in [9.17, 15) is 9.36 Å². The fraction of sp³-hybridized carbons (Fsp3) is 0.667. The topological polar surface area (TPSA) is 52.6 Å². The maximum atomic E-state index is 13.8. The molecule has 1 aromatic rings. The molecule has 148 valence electrons. The standard InChI is InChI=1S/C21H35O4P/c1-14(2)19(15(3)4)24-26(23,25-20(16(5)6)17(7)8)21(22)18-12-10-9-11-13-18/h9-17,19-20H,1-8H3. The molecule has 0 aromatic heterocycles. The first-order valence-corrected chi connectivity index (χ1v) is 11.1. The van der Waals surface area contributed by atoms with Crippen molar-refractivity contribution in [1.82, 2.24) is 0 Å². The first kappa shape index (κ1) is 23.1. The van der Waals surface area contributed by atoms with E-state index in [1.165, 1.54) is 0 Å². The molecule has 0 radical (unpaired) electrons. The van der Waals surface area contributed by atoms with Crippen LogP contribution in [0.5, 0.6) is 0 Å². The molecule has 5 heteroatoms. The van der Waals surface area contributed by atoms with E-state index in [1.54, 1.807) is 24.3 Å². The van der Waals surface area contributed by atoms with Gasteiger partial charge in [-0.1, -0.05) is 85.7 Å². The summed E-state index contributed by atoms with van der Waals surface area (Å²) in [6, 6.07) is 8.63. The van der Waals surface area contributed by atoms with E-state index in [-0.39, 0.29) is 35.9 Å². The van der Waals surface area contributed by atoms with Gasteiger partial charge in [0.05, 0.1) is 12.2 Å². The minimum absolute atomic E-state index is 0.118. The van der Waals surface area contributed by atoms with E-state index in [0.717, 1.165) is 0 Å². The molecule has 0 unspecified atom stereocenters. The van der Waals surface area contributed by atoms with Crippen LogP contribution in [-0.2, 0) is 13.6 Å². The quantitative estimate of drug-likeness (QED) is 0.439. The van der Waals surface area contributed by atoms with Crippen LogP contribution >= 0.6 is 7.60 Å². The summed E-state index contributed by atoms with van der Waals surface area (Å²) in [6.07, 6.45) is -0.651. The number of hydrogen-bond acceptors (Lipinski definition) is 4. The maximum absolute atomic E-state index is 13.8. The van der Waals surface area contributed by atoms with Crippen molar-refractivity contribution in [3.05, 3.63) is 35.9 Å². The van der Waals surface area contributed by atoms with Gasteiger partial charge in [-0.3, -0.25) is 18.4 Å². The Kier molecular flexibility index (Phi) is 8.72. The van der Waals surface area contributed by atoms with Crippen molar-refractivity contribution in [3.63, 3.8) is 0 Å². The van der Waals surface area contributed by atoms with Crippen molar-refractivity contribution in [2.45, 2.75) is 67.6 Å². The summed E-state index contributed by atoms with van der Waals surface area (Å²) < 4.78 is 25.7. The molecule has 0 spiro atoms. The average Bonchev–Trinajstić information content (AvgIpc) is 2.56. The van der Waals surface area contributed by atoms with Gasteiger partial charge in [0.1, 0.15) is 0 Å². The average molecular weight is 382 g/mol. The first-order valence-electron chi connectivity index (χ1n) is 9.56. The van der Waals surface area contributed by atoms with Gasteiger partial charge in [0.2, 0.25) is 0 Å². The Balaban J connectivity index is 3.31. The molecular weight excluding hydrogens is 347 g/mol. The summed E-state index contributed by atoms with van der Waals surface area (Å²) in [5.41, 5.74) is -0.205. The van der Waals surface area contributed by atoms with Crippen LogP contribution in [0.2, 0.25) is 0 Å². The van der Waals surface area contributed by atoms with Crippen LogP contribution in [0.3, 0.4) is 0 Å². The Hall–Kier alpha value is -0.960. The normalized spacial score (nSPS) is 13.0. The molecule has 0 atom stereocenters. The van der Waals surface area contributed by atoms with Gasteiger partial charge in [0.25, 0.3) is 5.52 Å². The lowest BCUT2D eigenvalue weighted by Gasteiger charge is -2.33. The van der Waals surface area contributed by atoms with Crippen LogP contribution in [0, 0.1) is 23.7 Å². The molecule has 0 N–H and O–H groups in total. The third-order valence-corrected chi connectivity index (χ3v) is 6.22. The SMILES string of the molecule is CC(C)C(OP(=O)(OC(C(C)C)C(C)C)C(=O)c1ccccc1)C(C)C. The van der Waals surface area contributed by atoms with Crippen LogP contribution in [0.25, 0.3) is 0 Å². The minimum atomic E-state index is -4.00. The maximum Gasteiger partial charge on any atom is 0.402 e. The molecule has 1 rings (SSSR count). The Labute approximate surface area is 159 Å². The highest BCUT2D eigenvalue weighted by atomic mass is 31.2. The van der Waals surface area contributed by atoms with Crippen molar-refractivity contribution < 1.29 is 18.4 Å². The first-order chi connectivity index (χ1) is 12.0. The summed E-state index contributed by atoms with van der Waals surface area (Å²) in [4.78, 5) is 13.1. The zero-order valence-electron chi connectivity index (χ0n) is 17.4. The highest BCUT2D eigenvalue weighted by Gasteiger charge is 2.43. The van der Waals surface area contributed by atoms with Crippen LogP contribution < -0.4 is 0 Å². The predicted octanol–water partition coefficient (Wildman–Crippen LogP) is 6.41. The second-order valence-electron chi connectivity index (χ2n) is 8.28. The van der Waals surface area contributed by atoms with Crippen LogP contribution in [0.1, 0.15) is 65.7 Å². The zero-order chi connectivity index (χ0) is 20.1. The smallest absolute Gasteiger partial charge is 0.299 e. The fourth-order valence-electron chi connectivity index (χ4n) is 3.21. The Morgan fingerprint density at radius 1 is 0.731 bits per heavy atom. The van der Waals surface area contributed by atoms with E-state index in [1.807, 2.05) is 61.5 Å². The van der Waals surface area contributed by atoms with Gasteiger partial charge < -0.3 is 0 Å². The summed E-state index contributed by atoms with van der Waals surface area (Å²) in [5, 5.41) is 0. The third-order valence-electron chi connectivity index (χ3n) is 4.42. The zero-order valence-corrected chi connectivity index (χ0v) is 18.3. The number of hydrogen-bond donors (Lipinski definition) is 0. The number of rotatable bonds is 10. The summed E-state index contributed by atoms with van der Waals surface area (Å²) in [6.45, 7) is 16.0. The molecule has 0 bridgehead atoms. The summed E-state index contributed by atoms with van der Waals surface area (Å²) in [5.74, 6) is 0.471. The van der Waals surface area contributed by atoms with Crippen molar-refractivity contribution >= 4 is 13.1 Å².